The van der Waals surface area contributed by atoms with Crippen molar-refractivity contribution in [1.82, 2.24) is 5.32 Å². The molecule has 1 amide bonds. The number of amides is 1. The van der Waals surface area contributed by atoms with Crippen LogP contribution in [0.4, 0.5) is 0 Å². The Morgan fingerprint density at radius 1 is 1.60 bits per heavy atom. The number of hydrogen-bond acceptors (Lipinski definition) is 3. The normalized spacial score (nSPS) is 12.8. The van der Waals surface area contributed by atoms with Crippen LogP contribution in [-0.4, -0.2) is 19.6 Å². The zero-order chi connectivity index (χ0) is 11.3. The van der Waals surface area contributed by atoms with E-state index in [0.29, 0.717) is 5.92 Å². The Balaban J connectivity index is 2.64. The van der Waals surface area contributed by atoms with Crippen LogP contribution in [0.3, 0.4) is 0 Å². The van der Waals surface area contributed by atoms with Crippen LogP contribution >= 0.6 is 11.3 Å². The predicted octanol–water partition coefficient (Wildman–Crippen LogP) is 2.21. The van der Waals surface area contributed by atoms with Gasteiger partial charge in [-0.1, -0.05) is 19.9 Å². The lowest BCUT2D eigenvalue weighted by molar-refractivity contribution is -0.125. The van der Waals surface area contributed by atoms with Gasteiger partial charge in [0.1, 0.15) is 6.61 Å². The van der Waals surface area contributed by atoms with E-state index >= 15 is 0 Å². The SMILES string of the molecule is COCC(=O)N[C@H](c1cccs1)C(C)C. The molecule has 0 fully saturated rings. The minimum absolute atomic E-state index is 0.0652. The fourth-order valence-electron chi connectivity index (χ4n) is 1.38. The topological polar surface area (TPSA) is 38.3 Å². The summed E-state index contributed by atoms with van der Waals surface area (Å²) in [4.78, 5) is 12.6. The fourth-order valence-corrected chi connectivity index (χ4v) is 2.33. The van der Waals surface area contributed by atoms with E-state index in [4.69, 9.17) is 4.74 Å². The summed E-state index contributed by atoms with van der Waals surface area (Å²) < 4.78 is 4.79. The lowest BCUT2D eigenvalue weighted by atomic mass is 10.0. The zero-order valence-electron chi connectivity index (χ0n) is 9.32. The average molecular weight is 227 g/mol. The average Bonchev–Trinajstić information content (AvgIpc) is 2.66. The van der Waals surface area contributed by atoms with Crippen LogP contribution in [0, 0.1) is 5.92 Å². The van der Waals surface area contributed by atoms with Crippen molar-refractivity contribution in [3.05, 3.63) is 22.4 Å². The van der Waals surface area contributed by atoms with Crippen molar-refractivity contribution in [2.24, 2.45) is 5.92 Å². The van der Waals surface area contributed by atoms with Gasteiger partial charge in [-0.25, -0.2) is 0 Å². The van der Waals surface area contributed by atoms with Crippen molar-refractivity contribution < 1.29 is 9.53 Å². The van der Waals surface area contributed by atoms with E-state index < -0.39 is 0 Å². The molecule has 15 heavy (non-hydrogen) atoms. The summed E-state index contributed by atoms with van der Waals surface area (Å²) in [5.74, 6) is 0.314. The Morgan fingerprint density at radius 3 is 2.80 bits per heavy atom. The molecule has 0 unspecified atom stereocenters. The number of hydrogen-bond donors (Lipinski definition) is 1. The Morgan fingerprint density at radius 2 is 2.33 bits per heavy atom. The van der Waals surface area contributed by atoms with Crippen LogP contribution in [0.25, 0.3) is 0 Å². The molecule has 1 aromatic rings. The second-order valence-electron chi connectivity index (χ2n) is 3.74. The van der Waals surface area contributed by atoms with E-state index in [1.54, 1.807) is 11.3 Å². The zero-order valence-corrected chi connectivity index (χ0v) is 10.1. The minimum atomic E-state index is -0.0652. The quantitative estimate of drug-likeness (QED) is 0.837. The van der Waals surface area contributed by atoms with Crippen molar-refractivity contribution in [2.75, 3.05) is 13.7 Å². The van der Waals surface area contributed by atoms with Crippen molar-refractivity contribution in [3.8, 4) is 0 Å². The van der Waals surface area contributed by atoms with Gasteiger partial charge in [0.05, 0.1) is 6.04 Å². The first-order valence-electron chi connectivity index (χ1n) is 4.97. The van der Waals surface area contributed by atoms with Crippen LogP contribution in [0.15, 0.2) is 17.5 Å². The molecule has 4 heteroatoms. The minimum Gasteiger partial charge on any atom is -0.375 e. The number of thiophene rings is 1. The van der Waals surface area contributed by atoms with Gasteiger partial charge in [-0.2, -0.15) is 0 Å². The fraction of sp³-hybridized carbons (Fsp3) is 0.545. The molecule has 3 nitrogen and oxygen atoms in total. The molecule has 0 spiro atoms. The van der Waals surface area contributed by atoms with Gasteiger partial charge in [-0.05, 0) is 17.4 Å². The van der Waals surface area contributed by atoms with Crippen molar-refractivity contribution in [1.29, 1.82) is 0 Å². The first-order chi connectivity index (χ1) is 7.15. The highest BCUT2D eigenvalue weighted by molar-refractivity contribution is 7.10. The van der Waals surface area contributed by atoms with Gasteiger partial charge in [0.15, 0.2) is 0 Å². The van der Waals surface area contributed by atoms with Crippen molar-refractivity contribution in [3.63, 3.8) is 0 Å². The van der Waals surface area contributed by atoms with Gasteiger partial charge in [0.25, 0.3) is 0 Å². The Hall–Kier alpha value is -0.870. The summed E-state index contributed by atoms with van der Waals surface area (Å²) in [5, 5.41) is 4.99. The number of nitrogens with one attached hydrogen (secondary N) is 1. The standard InChI is InChI=1S/C11H17NO2S/c1-8(2)11(9-5-4-6-15-9)12-10(13)7-14-3/h4-6,8,11H,7H2,1-3H3,(H,12,13)/t11-/m0/s1. The summed E-state index contributed by atoms with van der Waals surface area (Å²) in [7, 11) is 1.52. The maximum absolute atomic E-state index is 11.4. The van der Waals surface area contributed by atoms with Gasteiger partial charge in [0, 0.05) is 12.0 Å². The molecule has 1 heterocycles. The molecule has 1 rings (SSSR count). The third-order valence-corrected chi connectivity index (χ3v) is 3.06. The predicted molar refractivity (Wildman–Crippen MR) is 61.9 cm³/mol. The Kier molecular flexibility index (Phi) is 4.78. The van der Waals surface area contributed by atoms with Gasteiger partial charge in [0.2, 0.25) is 5.91 Å². The van der Waals surface area contributed by atoms with Gasteiger partial charge in [-0.15, -0.1) is 11.3 Å². The van der Waals surface area contributed by atoms with Crippen molar-refractivity contribution >= 4 is 17.2 Å². The van der Waals surface area contributed by atoms with E-state index in [2.05, 4.69) is 19.2 Å². The summed E-state index contributed by atoms with van der Waals surface area (Å²) in [5.41, 5.74) is 0. The second-order valence-corrected chi connectivity index (χ2v) is 4.72. The summed E-state index contributed by atoms with van der Waals surface area (Å²) in [6.45, 7) is 4.31. The number of ether oxygens (including phenoxy) is 1. The molecule has 0 bridgehead atoms. The molecule has 0 radical (unpaired) electrons. The Bertz CT molecular complexity index is 296. The molecular formula is C11H17NO2S. The third kappa shape index (κ3) is 3.64. The molecule has 0 aliphatic rings. The Labute approximate surface area is 94.5 Å². The number of carbonyl (C=O) groups is 1. The molecular weight excluding hydrogens is 210 g/mol. The van der Waals surface area contributed by atoms with Gasteiger partial charge < -0.3 is 10.1 Å². The number of carbonyl (C=O) groups excluding carboxylic acids is 1. The van der Waals surface area contributed by atoms with E-state index in [1.165, 1.54) is 12.0 Å². The molecule has 0 aliphatic heterocycles. The largest absolute Gasteiger partial charge is 0.375 e. The molecule has 0 aromatic carbocycles. The monoisotopic (exact) mass is 227 g/mol. The molecule has 1 aromatic heterocycles. The van der Waals surface area contributed by atoms with Crippen LogP contribution in [-0.2, 0) is 9.53 Å². The number of methoxy groups -OCH3 is 1. The summed E-state index contributed by atoms with van der Waals surface area (Å²) in [6, 6.07) is 4.13. The van der Waals surface area contributed by atoms with Crippen LogP contribution in [0.1, 0.15) is 24.8 Å². The molecule has 84 valence electrons. The molecule has 0 aliphatic carbocycles. The maximum atomic E-state index is 11.4. The smallest absolute Gasteiger partial charge is 0.246 e. The molecule has 1 atom stereocenters. The lowest BCUT2D eigenvalue weighted by Gasteiger charge is -2.20. The van der Waals surface area contributed by atoms with E-state index in [-0.39, 0.29) is 18.6 Å². The molecule has 0 saturated heterocycles. The summed E-state index contributed by atoms with van der Waals surface area (Å²) >= 11 is 1.66. The van der Waals surface area contributed by atoms with E-state index in [0.717, 1.165) is 0 Å². The highest BCUT2D eigenvalue weighted by Crippen LogP contribution is 2.25. The number of rotatable bonds is 5. The van der Waals surface area contributed by atoms with Crippen LogP contribution < -0.4 is 5.32 Å². The van der Waals surface area contributed by atoms with E-state index in [1.807, 2.05) is 17.5 Å². The lowest BCUT2D eigenvalue weighted by Crippen LogP contribution is -2.33. The highest BCUT2D eigenvalue weighted by Gasteiger charge is 2.18. The van der Waals surface area contributed by atoms with Crippen molar-refractivity contribution in [2.45, 2.75) is 19.9 Å². The highest BCUT2D eigenvalue weighted by atomic mass is 32.1. The maximum Gasteiger partial charge on any atom is 0.246 e. The van der Waals surface area contributed by atoms with E-state index in [9.17, 15) is 4.79 Å². The molecule has 1 N–H and O–H groups in total. The van der Waals surface area contributed by atoms with Crippen LogP contribution in [0.5, 0.6) is 0 Å². The molecule has 0 saturated carbocycles. The third-order valence-electron chi connectivity index (χ3n) is 2.11. The van der Waals surface area contributed by atoms with Gasteiger partial charge >= 0.3 is 0 Å². The van der Waals surface area contributed by atoms with Gasteiger partial charge in [-0.3, -0.25) is 4.79 Å². The second kappa shape index (κ2) is 5.88. The van der Waals surface area contributed by atoms with Crippen LogP contribution in [0.2, 0.25) is 0 Å². The first kappa shape index (κ1) is 12.2. The first-order valence-corrected chi connectivity index (χ1v) is 5.84. The summed E-state index contributed by atoms with van der Waals surface area (Å²) in [6.07, 6.45) is 0.